The molecule has 2 aliphatic carbocycles. The van der Waals surface area contributed by atoms with Crippen LogP contribution in [0.2, 0.25) is 18.1 Å². The van der Waals surface area contributed by atoms with Crippen LogP contribution in [0.3, 0.4) is 0 Å². The first-order valence-corrected chi connectivity index (χ1v) is 12.3. The molecule has 0 aliphatic heterocycles. The molecule has 2 saturated carbocycles. The van der Waals surface area contributed by atoms with Crippen LogP contribution < -0.4 is 0 Å². The van der Waals surface area contributed by atoms with E-state index in [2.05, 4.69) is 34.6 Å². The maximum absolute atomic E-state index is 10.4. The van der Waals surface area contributed by atoms with Crippen molar-refractivity contribution in [2.75, 3.05) is 6.61 Å². The van der Waals surface area contributed by atoms with Gasteiger partial charge in [-0.25, -0.2) is 0 Å². The Kier molecular flexibility index (Phi) is 6.18. The van der Waals surface area contributed by atoms with Gasteiger partial charge in [0, 0.05) is 6.61 Å². The summed E-state index contributed by atoms with van der Waals surface area (Å²) in [6.07, 6.45) is 6.01. The van der Waals surface area contributed by atoms with Crippen molar-refractivity contribution in [2.45, 2.75) is 91.0 Å². The highest BCUT2D eigenvalue weighted by Gasteiger charge is 2.52. The second kappa shape index (κ2) is 7.35. The molecule has 2 nitrogen and oxygen atoms in total. The fourth-order valence-electron chi connectivity index (χ4n) is 5.60. The molecule has 0 saturated heterocycles. The zero-order valence-corrected chi connectivity index (χ0v) is 16.5. The summed E-state index contributed by atoms with van der Waals surface area (Å²) in [5.41, 5.74) is 0.356. The number of rotatable bonds is 7. The van der Waals surface area contributed by atoms with E-state index in [9.17, 15) is 5.11 Å². The van der Waals surface area contributed by atoms with E-state index in [1.807, 2.05) is 0 Å². The van der Waals surface area contributed by atoms with Crippen LogP contribution in [-0.2, 0) is 4.43 Å². The van der Waals surface area contributed by atoms with Crippen molar-refractivity contribution in [1.82, 2.24) is 0 Å². The Labute approximate surface area is 139 Å². The number of aliphatic hydroxyl groups is 1. The highest BCUT2D eigenvalue weighted by molar-refractivity contribution is 6.73. The summed E-state index contributed by atoms with van der Waals surface area (Å²) in [4.78, 5) is 0. The van der Waals surface area contributed by atoms with Crippen molar-refractivity contribution in [3.63, 3.8) is 0 Å². The van der Waals surface area contributed by atoms with E-state index in [4.69, 9.17) is 4.43 Å². The molecule has 0 aromatic heterocycles. The third kappa shape index (κ3) is 3.32. The van der Waals surface area contributed by atoms with Gasteiger partial charge in [0.25, 0.3) is 0 Å². The molecule has 0 amide bonds. The van der Waals surface area contributed by atoms with Crippen molar-refractivity contribution in [1.29, 1.82) is 0 Å². The van der Waals surface area contributed by atoms with E-state index in [1.165, 1.54) is 43.8 Å². The van der Waals surface area contributed by atoms with Gasteiger partial charge in [-0.15, -0.1) is 0 Å². The number of hydrogen-bond donors (Lipinski definition) is 1. The Morgan fingerprint density at radius 3 is 2.36 bits per heavy atom. The Bertz CT molecular complexity index is 347. The molecule has 0 radical (unpaired) electrons. The van der Waals surface area contributed by atoms with Crippen LogP contribution in [0, 0.1) is 23.2 Å². The lowest BCUT2D eigenvalue weighted by atomic mass is 9.62. The summed E-state index contributed by atoms with van der Waals surface area (Å²) in [6, 6.07) is 3.74. The van der Waals surface area contributed by atoms with Crippen LogP contribution in [0.15, 0.2) is 0 Å². The van der Waals surface area contributed by atoms with Crippen molar-refractivity contribution < 1.29 is 9.53 Å². The molecule has 2 rings (SSSR count). The van der Waals surface area contributed by atoms with Crippen LogP contribution in [0.25, 0.3) is 0 Å². The molecule has 22 heavy (non-hydrogen) atoms. The minimum Gasteiger partial charge on any atom is -0.417 e. The normalized spacial score (nSPS) is 37.1. The molecule has 130 valence electrons. The average Bonchev–Trinajstić information content (AvgIpc) is 2.87. The molecular weight excluding hydrogens is 288 g/mol. The molecule has 0 bridgehead atoms. The maximum atomic E-state index is 10.4. The second-order valence-corrected chi connectivity index (χ2v) is 13.1. The van der Waals surface area contributed by atoms with E-state index in [0.717, 1.165) is 18.9 Å². The first-order valence-electron chi connectivity index (χ1n) is 9.74. The predicted molar refractivity (Wildman–Crippen MR) is 96.5 cm³/mol. The second-order valence-electron chi connectivity index (χ2n) is 8.29. The van der Waals surface area contributed by atoms with E-state index in [-0.39, 0.29) is 6.10 Å². The monoisotopic (exact) mass is 326 g/mol. The van der Waals surface area contributed by atoms with Gasteiger partial charge in [0.2, 0.25) is 0 Å². The fraction of sp³-hybridized carbons (Fsp3) is 1.00. The maximum Gasteiger partial charge on any atom is 0.191 e. The van der Waals surface area contributed by atoms with Crippen LogP contribution in [0.4, 0.5) is 0 Å². The Morgan fingerprint density at radius 1 is 1.14 bits per heavy atom. The molecule has 5 atom stereocenters. The number of aliphatic hydroxyl groups excluding tert-OH is 1. The van der Waals surface area contributed by atoms with Gasteiger partial charge in [0.05, 0.1) is 6.10 Å². The molecule has 0 aromatic rings. The topological polar surface area (TPSA) is 29.5 Å². The fourth-order valence-corrected chi connectivity index (χ4v) is 8.33. The number of fused-ring (bicyclic) bond motifs is 1. The third-order valence-electron chi connectivity index (χ3n) is 7.43. The van der Waals surface area contributed by atoms with Gasteiger partial charge in [-0.05, 0) is 67.0 Å². The zero-order chi connectivity index (χ0) is 16.4. The first-order chi connectivity index (χ1) is 10.4. The van der Waals surface area contributed by atoms with Gasteiger partial charge < -0.3 is 9.53 Å². The van der Waals surface area contributed by atoms with E-state index >= 15 is 0 Å². The highest BCUT2D eigenvalue weighted by atomic mass is 28.4. The van der Waals surface area contributed by atoms with Gasteiger partial charge in [0.1, 0.15) is 0 Å². The Morgan fingerprint density at radius 2 is 1.77 bits per heavy atom. The molecule has 1 unspecified atom stereocenters. The molecule has 0 heterocycles. The lowest BCUT2D eigenvalue weighted by molar-refractivity contribution is -0.0314. The summed E-state index contributed by atoms with van der Waals surface area (Å²) in [7, 11) is -1.46. The summed E-state index contributed by atoms with van der Waals surface area (Å²) < 4.78 is 6.58. The van der Waals surface area contributed by atoms with Gasteiger partial charge >= 0.3 is 0 Å². The Balaban J connectivity index is 1.99. The van der Waals surface area contributed by atoms with E-state index < -0.39 is 8.32 Å². The van der Waals surface area contributed by atoms with Crippen LogP contribution in [-0.4, -0.2) is 26.1 Å². The van der Waals surface area contributed by atoms with Gasteiger partial charge in [-0.1, -0.05) is 41.0 Å². The predicted octanol–water partition coefficient (Wildman–Crippen LogP) is 5.22. The largest absolute Gasteiger partial charge is 0.417 e. The van der Waals surface area contributed by atoms with Crippen molar-refractivity contribution in [2.24, 2.45) is 23.2 Å². The summed E-state index contributed by atoms with van der Waals surface area (Å²) in [5.74, 6) is 1.92. The van der Waals surface area contributed by atoms with Crippen LogP contribution >= 0.6 is 0 Å². The highest BCUT2D eigenvalue weighted by Crippen LogP contribution is 2.57. The molecular formula is C19H38O2Si. The molecule has 1 N–H and O–H groups in total. The minimum atomic E-state index is -1.46. The number of hydrogen-bond acceptors (Lipinski definition) is 2. The van der Waals surface area contributed by atoms with Gasteiger partial charge in [0.15, 0.2) is 8.32 Å². The molecule has 2 fully saturated rings. The Hall–Kier alpha value is 0.137. The average molecular weight is 327 g/mol. The summed E-state index contributed by atoms with van der Waals surface area (Å²) in [5, 5.41) is 10.4. The molecule has 0 aromatic carbocycles. The van der Waals surface area contributed by atoms with Crippen molar-refractivity contribution >= 4 is 8.32 Å². The van der Waals surface area contributed by atoms with E-state index in [1.54, 1.807) is 0 Å². The lowest BCUT2D eigenvalue weighted by Gasteiger charge is -2.45. The van der Waals surface area contributed by atoms with Crippen LogP contribution in [0.1, 0.15) is 66.7 Å². The standard InChI is InChI=1S/C19H38O2Si/c1-6-22(7-2,8-3)21-14-15(4)16-11-12-17-18(20)10-9-13-19(16,17)5/h15-18,20H,6-14H2,1-5H3/t15-,16+,17?,18+,19+/m0/s1. The minimum absolute atomic E-state index is 0.0488. The molecule has 0 spiro atoms. The smallest absolute Gasteiger partial charge is 0.191 e. The third-order valence-corrected chi connectivity index (χ3v) is 12.1. The lowest BCUT2D eigenvalue weighted by Crippen LogP contribution is -2.43. The van der Waals surface area contributed by atoms with E-state index in [0.29, 0.717) is 17.3 Å². The SMILES string of the molecule is CC[Si](CC)(CC)OC[C@H](C)[C@H]1CCC2[C@H](O)CCC[C@@]21C. The van der Waals surface area contributed by atoms with Crippen molar-refractivity contribution in [3.05, 3.63) is 0 Å². The van der Waals surface area contributed by atoms with Gasteiger partial charge in [-0.2, -0.15) is 0 Å². The summed E-state index contributed by atoms with van der Waals surface area (Å²) in [6.45, 7) is 12.7. The van der Waals surface area contributed by atoms with Crippen molar-refractivity contribution in [3.8, 4) is 0 Å². The quantitative estimate of drug-likeness (QED) is 0.650. The summed E-state index contributed by atoms with van der Waals surface area (Å²) >= 11 is 0. The first kappa shape index (κ1) is 18.5. The van der Waals surface area contributed by atoms with Crippen LogP contribution in [0.5, 0.6) is 0 Å². The van der Waals surface area contributed by atoms with Gasteiger partial charge in [-0.3, -0.25) is 0 Å². The zero-order valence-electron chi connectivity index (χ0n) is 15.5. The molecule has 2 aliphatic rings. The molecule has 3 heteroatoms.